The van der Waals surface area contributed by atoms with Gasteiger partial charge in [0.05, 0.1) is 0 Å². The Morgan fingerprint density at radius 3 is 2.48 bits per heavy atom. The molecule has 0 heterocycles. The van der Waals surface area contributed by atoms with Crippen LogP contribution in [0.2, 0.25) is 0 Å². The molecule has 0 N–H and O–H groups in total. The molecule has 3 aliphatic rings. The van der Waals surface area contributed by atoms with Crippen molar-refractivity contribution in [3.63, 3.8) is 0 Å². The second-order valence-electron chi connectivity index (χ2n) is 7.38. The number of nitrogens with zero attached hydrogens (tertiary/aromatic N) is 1. The van der Waals surface area contributed by atoms with E-state index in [4.69, 9.17) is 0 Å². The second kappa shape index (κ2) is 5.47. The summed E-state index contributed by atoms with van der Waals surface area (Å²) in [4.78, 5) is 15.0. The second-order valence-corrected chi connectivity index (χ2v) is 7.38. The summed E-state index contributed by atoms with van der Waals surface area (Å²) in [6.45, 7) is 0.811. The van der Waals surface area contributed by atoms with Gasteiger partial charge in [0.1, 0.15) is 0 Å². The Morgan fingerprint density at radius 2 is 1.86 bits per heavy atom. The van der Waals surface area contributed by atoms with E-state index in [9.17, 15) is 4.79 Å². The number of amides is 1. The largest absolute Gasteiger partial charge is 0.335 e. The first-order valence-corrected chi connectivity index (χ1v) is 8.63. The lowest BCUT2D eigenvalue weighted by Gasteiger charge is -2.27. The summed E-state index contributed by atoms with van der Waals surface area (Å²) < 4.78 is 0. The van der Waals surface area contributed by atoms with Crippen molar-refractivity contribution >= 4 is 5.91 Å². The fourth-order valence-corrected chi connectivity index (χ4v) is 4.56. The molecule has 2 bridgehead atoms. The molecule has 21 heavy (non-hydrogen) atoms. The highest BCUT2D eigenvalue weighted by Gasteiger charge is 2.42. The summed E-state index contributed by atoms with van der Waals surface area (Å²) in [7, 11) is 0. The van der Waals surface area contributed by atoms with Gasteiger partial charge in [0.25, 0.3) is 0 Å². The highest BCUT2D eigenvalue weighted by atomic mass is 16.2. The van der Waals surface area contributed by atoms with Crippen LogP contribution >= 0.6 is 0 Å². The molecular weight excluding hydrogens is 258 g/mol. The first-order valence-electron chi connectivity index (χ1n) is 8.63. The van der Waals surface area contributed by atoms with E-state index in [1.54, 1.807) is 0 Å². The summed E-state index contributed by atoms with van der Waals surface area (Å²) in [5.41, 5.74) is 1.27. The van der Waals surface area contributed by atoms with E-state index >= 15 is 0 Å². The average molecular weight is 283 g/mol. The molecule has 3 atom stereocenters. The van der Waals surface area contributed by atoms with E-state index in [0.29, 0.717) is 17.9 Å². The lowest BCUT2D eigenvalue weighted by Crippen LogP contribution is -2.34. The Kier molecular flexibility index (Phi) is 3.48. The first kappa shape index (κ1) is 13.4. The molecule has 3 fully saturated rings. The van der Waals surface area contributed by atoms with E-state index in [1.807, 2.05) is 6.07 Å². The molecule has 0 saturated heterocycles. The number of rotatable bonds is 5. The molecule has 2 heteroatoms. The number of fused-ring (bicyclic) bond motifs is 2. The Hall–Kier alpha value is -1.31. The molecule has 3 saturated carbocycles. The van der Waals surface area contributed by atoms with E-state index in [1.165, 1.54) is 44.1 Å². The van der Waals surface area contributed by atoms with Gasteiger partial charge in [0.2, 0.25) is 5.91 Å². The third-order valence-corrected chi connectivity index (χ3v) is 5.83. The van der Waals surface area contributed by atoms with Gasteiger partial charge in [0.15, 0.2) is 0 Å². The molecule has 0 spiro atoms. The van der Waals surface area contributed by atoms with Gasteiger partial charge in [-0.15, -0.1) is 0 Å². The lowest BCUT2D eigenvalue weighted by molar-refractivity contribution is -0.133. The molecule has 3 aliphatic carbocycles. The van der Waals surface area contributed by atoms with Gasteiger partial charge in [-0.05, 0) is 55.4 Å². The van der Waals surface area contributed by atoms with Crippen LogP contribution in [0.25, 0.3) is 0 Å². The Balaban J connectivity index is 1.40. The number of carbonyl (C=O) groups excluding carboxylic acids is 1. The molecule has 0 aliphatic heterocycles. The first-order chi connectivity index (χ1) is 10.3. The predicted molar refractivity (Wildman–Crippen MR) is 83.6 cm³/mol. The molecule has 1 aromatic rings. The molecule has 1 amide bonds. The van der Waals surface area contributed by atoms with Crippen molar-refractivity contribution in [3.05, 3.63) is 35.9 Å². The van der Waals surface area contributed by atoms with Crippen LogP contribution in [0.1, 0.15) is 50.5 Å². The Bertz CT molecular complexity index is 508. The van der Waals surface area contributed by atoms with Crippen molar-refractivity contribution in [3.8, 4) is 0 Å². The van der Waals surface area contributed by atoms with Crippen molar-refractivity contribution in [2.75, 3.05) is 0 Å². The summed E-state index contributed by atoms with van der Waals surface area (Å²) >= 11 is 0. The van der Waals surface area contributed by atoms with Gasteiger partial charge < -0.3 is 4.90 Å². The van der Waals surface area contributed by atoms with Crippen molar-refractivity contribution in [2.24, 2.45) is 17.8 Å². The zero-order chi connectivity index (χ0) is 14.2. The summed E-state index contributed by atoms with van der Waals surface area (Å²) in [5.74, 6) is 2.90. The van der Waals surface area contributed by atoms with Crippen LogP contribution in [-0.4, -0.2) is 16.8 Å². The third-order valence-electron chi connectivity index (χ3n) is 5.83. The fraction of sp³-hybridized carbons (Fsp3) is 0.632. The van der Waals surface area contributed by atoms with Crippen LogP contribution in [0.3, 0.4) is 0 Å². The van der Waals surface area contributed by atoms with E-state index in [0.717, 1.165) is 24.8 Å². The van der Waals surface area contributed by atoms with Gasteiger partial charge in [-0.3, -0.25) is 4.79 Å². The average Bonchev–Trinajstić information content (AvgIpc) is 3.14. The third kappa shape index (κ3) is 2.86. The van der Waals surface area contributed by atoms with E-state index in [-0.39, 0.29) is 0 Å². The van der Waals surface area contributed by atoms with Crippen LogP contribution in [0.5, 0.6) is 0 Å². The molecule has 2 nitrogen and oxygen atoms in total. The zero-order valence-corrected chi connectivity index (χ0v) is 12.7. The summed E-state index contributed by atoms with van der Waals surface area (Å²) in [6, 6.07) is 11.0. The Morgan fingerprint density at radius 1 is 1.05 bits per heavy atom. The lowest BCUT2D eigenvalue weighted by atomic mass is 9.86. The number of carbonyl (C=O) groups is 1. The highest BCUT2D eigenvalue weighted by molar-refractivity contribution is 5.77. The smallest absolute Gasteiger partial charge is 0.223 e. The number of hydrogen-bond acceptors (Lipinski definition) is 1. The van der Waals surface area contributed by atoms with Crippen LogP contribution in [0.15, 0.2) is 30.3 Å². The minimum atomic E-state index is 0.416. The topological polar surface area (TPSA) is 20.3 Å². The van der Waals surface area contributed by atoms with Crippen molar-refractivity contribution < 1.29 is 4.79 Å². The predicted octanol–water partition coefficient (Wildman–Crippen LogP) is 4.00. The molecule has 1 aromatic carbocycles. The monoisotopic (exact) mass is 283 g/mol. The van der Waals surface area contributed by atoms with Crippen LogP contribution in [0, 0.1) is 17.8 Å². The van der Waals surface area contributed by atoms with E-state index in [2.05, 4.69) is 29.2 Å². The molecule has 4 rings (SSSR count). The van der Waals surface area contributed by atoms with Gasteiger partial charge >= 0.3 is 0 Å². The normalized spacial score (nSPS) is 30.6. The highest BCUT2D eigenvalue weighted by Crippen LogP contribution is 2.49. The van der Waals surface area contributed by atoms with Gasteiger partial charge in [-0.25, -0.2) is 0 Å². The van der Waals surface area contributed by atoms with Gasteiger partial charge in [-0.1, -0.05) is 36.8 Å². The van der Waals surface area contributed by atoms with E-state index < -0.39 is 0 Å². The summed E-state index contributed by atoms with van der Waals surface area (Å²) in [6.07, 6.45) is 8.74. The summed E-state index contributed by atoms with van der Waals surface area (Å²) in [5, 5.41) is 0. The van der Waals surface area contributed by atoms with Gasteiger partial charge in [-0.2, -0.15) is 0 Å². The van der Waals surface area contributed by atoms with Crippen LogP contribution < -0.4 is 0 Å². The fourth-order valence-electron chi connectivity index (χ4n) is 4.56. The van der Waals surface area contributed by atoms with Crippen molar-refractivity contribution in [1.29, 1.82) is 0 Å². The molecule has 0 radical (unpaired) electrons. The standard InChI is InChI=1S/C19H25NO/c21-19(12-17-11-15-6-7-16(17)10-15)20(18-8-9-18)13-14-4-2-1-3-5-14/h1-5,15-18H,6-13H2. The van der Waals surface area contributed by atoms with Crippen molar-refractivity contribution in [2.45, 2.75) is 57.5 Å². The molecule has 112 valence electrons. The number of benzene rings is 1. The SMILES string of the molecule is O=C(CC1CC2CCC1C2)N(Cc1ccccc1)C1CC1. The molecule has 3 unspecified atom stereocenters. The van der Waals surface area contributed by atoms with Crippen LogP contribution in [-0.2, 0) is 11.3 Å². The minimum absolute atomic E-state index is 0.416. The minimum Gasteiger partial charge on any atom is -0.335 e. The van der Waals surface area contributed by atoms with Gasteiger partial charge in [0, 0.05) is 19.0 Å². The maximum absolute atomic E-state index is 12.8. The van der Waals surface area contributed by atoms with Crippen LogP contribution in [0.4, 0.5) is 0 Å². The maximum Gasteiger partial charge on any atom is 0.223 e. The molecular formula is C19H25NO. The molecule has 0 aromatic heterocycles. The quantitative estimate of drug-likeness (QED) is 0.799. The Labute approximate surface area is 127 Å². The maximum atomic E-state index is 12.8. The van der Waals surface area contributed by atoms with Crippen molar-refractivity contribution in [1.82, 2.24) is 4.90 Å². The zero-order valence-electron chi connectivity index (χ0n) is 12.7. The number of hydrogen-bond donors (Lipinski definition) is 0.